The highest BCUT2D eigenvalue weighted by atomic mass is 16.3. The monoisotopic (exact) mass is 300 g/mol. The number of carbonyl (C=O) groups excluding carboxylic acids is 1. The summed E-state index contributed by atoms with van der Waals surface area (Å²) >= 11 is 0. The SMILES string of the molecule is CC(O)CC1CCCN1C(=O)c1cnn(-c2ccccc2)n1. The number of hydrogen-bond donors (Lipinski definition) is 1. The fourth-order valence-electron chi connectivity index (χ4n) is 2.94. The first kappa shape index (κ1) is 14.7. The van der Waals surface area contributed by atoms with Crippen LogP contribution in [0.4, 0.5) is 0 Å². The zero-order valence-electron chi connectivity index (χ0n) is 12.6. The van der Waals surface area contributed by atoms with E-state index in [0.29, 0.717) is 18.7 Å². The van der Waals surface area contributed by atoms with Gasteiger partial charge in [-0.3, -0.25) is 4.79 Å². The number of likely N-dealkylation sites (tertiary alicyclic amines) is 1. The summed E-state index contributed by atoms with van der Waals surface area (Å²) in [5, 5.41) is 18.0. The Morgan fingerprint density at radius 2 is 2.18 bits per heavy atom. The molecular formula is C16H20N4O2. The van der Waals surface area contributed by atoms with E-state index in [1.54, 1.807) is 6.92 Å². The minimum Gasteiger partial charge on any atom is -0.393 e. The largest absolute Gasteiger partial charge is 0.393 e. The maximum absolute atomic E-state index is 12.6. The predicted molar refractivity (Wildman–Crippen MR) is 81.7 cm³/mol. The lowest BCUT2D eigenvalue weighted by atomic mass is 10.1. The Kier molecular flexibility index (Phi) is 4.20. The number of aromatic nitrogens is 3. The van der Waals surface area contributed by atoms with Crippen LogP contribution in [0.1, 0.15) is 36.7 Å². The summed E-state index contributed by atoms with van der Waals surface area (Å²) < 4.78 is 0. The van der Waals surface area contributed by atoms with Gasteiger partial charge in [0, 0.05) is 12.6 Å². The quantitative estimate of drug-likeness (QED) is 0.932. The van der Waals surface area contributed by atoms with Crippen LogP contribution in [0, 0.1) is 0 Å². The van der Waals surface area contributed by atoms with Gasteiger partial charge in [0.15, 0.2) is 5.69 Å². The van der Waals surface area contributed by atoms with Crippen LogP contribution in [-0.4, -0.2) is 49.6 Å². The number of aliphatic hydroxyl groups excluding tert-OH is 1. The van der Waals surface area contributed by atoms with Gasteiger partial charge in [0.1, 0.15) is 0 Å². The van der Waals surface area contributed by atoms with Gasteiger partial charge in [-0.2, -0.15) is 9.90 Å². The zero-order chi connectivity index (χ0) is 15.5. The summed E-state index contributed by atoms with van der Waals surface area (Å²) in [6, 6.07) is 9.60. The second-order valence-corrected chi connectivity index (χ2v) is 5.73. The molecule has 1 aromatic heterocycles. The summed E-state index contributed by atoms with van der Waals surface area (Å²) in [4.78, 5) is 15.9. The molecule has 3 rings (SSSR count). The van der Waals surface area contributed by atoms with E-state index in [1.165, 1.54) is 11.0 Å². The normalized spacial score (nSPS) is 19.4. The average Bonchev–Trinajstić information content (AvgIpc) is 3.16. The highest BCUT2D eigenvalue weighted by Crippen LogP contribution is 2.23. The third-order valence-corrected chi connectivity index (χ3v) is 3.95. The lowest BCUT2D eigenvalue weighted by Crippen LogP contribution is -2.37. The van der Waals surface area contributed by atoms with Gasteiger partial charge in [-0.1, -0.05) is 18.2 Å². The van der Waals surface area contributed by atoms with Crippen LogP contribution in [0.5, 0.6) is 0 Å². The van der Waals surface area contributed by atoms with E-state index in [-0.39, 0.29) is 11.9 Å². The molecule has 2 atom stereocenters. The van der Waals surface area contributed by atoms with E-state index in [1.807, 2.05) is 35.2 Å². The highest BCUT2D eigenvalue weighted by molar-refractivity contribution is 5.92. The minimum atomic E-state index is -0.404. The molecule has 1 fully saturated rings. The van der Waals surface area contributed by atoms with Crippen molar-refractivity contribution in [1.29, 1.82) is 0 Å². The topological polar surface area (TPSA) is 71.2 Å². The van der Waals surface area contributed by atoms with Gasteiger partial charge >= 0.3 is 0 Å². The highest BCUT2D eigenvalue weighted by Gasteiger charge is 2.31. The second-order valence-electron chi connectivity index (χ2n) is 5.73. The van der Waals surface area contributed by atoms with E-state index in [0.717, 1.165) is 18.5 Å². The maximum Gasteiger partial charge on any atom is 0.276 e. The number of para-hydroxylation sites is 1. The molecule has 1 aliphatic rings. The molecule has 0 spiro atoms. The van der Waals surface area contributed by atoms with Gasteiger partial charge in [-0.25, -0.2) is 0 Å². The van der Waals surface area contributed by atoms with Crippen molar-refractivity contribution >= 4 is 5.91 Å². The molecule has 6 heteroatoms. The molecule has 1 saturated heterocycles. The Hall–Kier alpha value is -2.21. The van der Waals surface area contributed by atoms with E-state index >= 15 is 0 Å². The van der Waals surface area contributed by atoms with Crippen LogP contribution in [0.15, 0.2) is 36.5 Å². The van der Waals surface area contributed by atoms with Gasteiger partial charge in [0.05, 0.1) is 18.0 Å². The zero-order valence-corrected chi connectivity index (χ0v) is 12.6. The van der Waals surface area contributed by atoms with E-state index < -0.39 is 6.10 Å². The molecule has 2 unspecified atom stereocenters. The van der Waals surface area contributed by atoms with Crippen molar-refractivity contribution in [3.05, 3.63) is 42.2 Å². The van der Waals surface area contributed by atoms with Crippen LogP contribution in [0.25, 0.3) is 5.69 Å². The van der Waals surface area contributed by atoms with Crippen LogP contribution in [-0.2, 0) is 0 Å². The molecular weight excluding hydrogens is 280 g/mol. The van der Waals surface area contributed by atoms with Crippen molar-refractivity contribution in [2.75, 3.05) is 6.54 Å². The second kappa shape index (κ2) is 6.27. The molecule has 1 aromatic carbocycles. The smallest absolute Gasteiger partial charge is 0.276 e. The lowest BCUT2D eigenvalue weighted by molar-refractivity contribution is 0.0676. The standard InChI is InChI=1S/C16H20N4O2/c1-12(21)10-14-8-5-9-19(14)16(22)15-11-17-20(18-15)13-6-3-2-4-7-13/h2-4,6-7,11-12,14,21H,5,8-10H2,1H3. The molecule has 22 heavy (non-hydrogen) atoms. The molecule has 116 valence electrons. The van der Waals surface area contributed by atoms with Gasteiger partial charge in [0.2, 0.25) is 0 Å². The fourth-order valence-corrected chi connectivity index (χ4v) is 2.94. The third-order valence-electron chi connectivity index (χ3n) is 3.95. The number of amides is 1. The average molecular weight is 300 g/mol. The van der Waals surface area contributed by atoms with Gasteiger partial charge in [-0.15, -0.1) is 5.10 Å². The van der Waals surface area contributed by atoms with E-state index in [9.17, 15) is 9.90 Å². The van der Waals surface area contributed by atoms with Gasteiger partial charge in [0.25, 0.3) is 5.91 Å². The van der Waals surface area contributed by atoms with Crippen LogP contribution < -0.4 is 0 Å². The molecule has 2 aromatic rings. The number of rotatable bonds is 4. The van der Waals surface area contributed by atoms with E-state index in [4.69, 9.17) is 0 Å². The first-order valence-electron chi connectivity index (χ1n) is 7.62. The van der Waals surface area contributed by atoms with Crippen LogP contribution in [0.3, 0.4) is 0 Å². The first-order valence-corrected chi connectivity index (χ1v) is 7.62. The molecule has 0 radical (unpaired) electrons. The van der Waals surface area contributed by atoms with Crippen molar-refractivity contribution < 1.29 is 9.90 Å². The van der Waals surface area contributed by atoms with Crippen molar-refractivity contribution in [1.82, 2.24) is 19.9 Å². The first-order chi connectivity index (χ1) is 10.6. The minimum absolute atomic E-state index is 0.0920. The number of aliphatic hydroxyl groups is 1. The molecule has 0 aliphatic carbocycles. The molecule has 0 saturated carbocycles. The Balaban J connectivity index is 1.77. The van der Waals surface area contributed by atoms with Gasteiger partial charge < -0.3 is 10.0 Å². The Morgan fingerprint density at radius 1 is 1.41 bits per heavy atom. The number of nitrogens with zero attached hydrogens (tertiary/aromatic N) is 4. The summed E-state index contributed by atoms with van der Waals surface area (Å²) in [6.45, 7) is 2.47. The fraction of sp³-hybridized carbons (Fsp3) is 0.438. The molecule has 6 nitrogen and oxygen atoms in total. The van der Waals surface area contributed by atoms with Gasteiger partial charge in [-0.05, 0) is 38.3 Å². The summed E-state index contributed by atoms with van der Waals surface area (Å²) in [5.74, 6) is -0.106. The molecule has 1 aliphatic heterocycles. The Morgan fingerprint density at radius 3 is 2.91 bits per heavy atom. The summed E-state index contributed by atoms with van der Waals surface area (Å²) in [5.41, 5.74) is 1.17. The predicted octanol–water partition coefficient (Wildman–Crippen LogP) is 1.64. The van der Waals surface area contributed by atoms with Crippen molar-refractivity contribution in [2.24, 2.45) is 0 Å². The molecule has 1 amide bonds. The molecule has 2 heterocycles. The molecule has 1 N–H and O–H groups in total. The Labute approximate surface area is 129 Å². The van der Waals surface area contributed by atoms with E-state index in [2.05, 4.69) is 10.2 Å². The lowest BCUT2D eigenvalue weighted by Gasteiger charge is -2.24. The third kappa shape index (κ3) is 3.01. The number of benzene rings is 1. The molecule has 0 bridgehead atoms. The van der Waals surface area contributed by atoms with Crippen LogP contribution >= 0.6 is 0 Å². The maximum atomic E-state index is 12.6. The summed E-state index contributed by atoms with van der Waals surface area (Å²) in [6.07, 6.45) is 3.61. The summed E-state index contributed by atoms with van der Waals surface area (Å²) in [7, 11) is 0. The Bertz CT molecular complexity index is 639. The van der Waals surface area contributed by atoms with Crippen LogP contribution in [0.2, 0.25) is 0 Å². The number of hydrogen-bond acceptors (Lipinski definition) is 4. The van der Waals surface area contributed by atoms with Crippen molar-refractivity contribution in [2.45, 2.75) is 38.3 Å². The van der Waals surface area contributed by atoms with Crippen molar-refractivity contribution in [3.63, 3.8) is 0 Å². The number of carbonyl (C=O) groups is 1. The van der Waals surface area contributed by atoms with Crippen molar-refractivity contribution in [3.8, 4) is 5.69 Å².